The molecule has 3 N–H and O–H groups in total. The summed E-state index contributed by atoms with van der Waals surface area (Å²) in [6, 6.07) is 14.6. The average molecular weight is 440 g/mol. The highest BCUT2D eigenvalue weighted by Gasteiger charge is 2.28. The lowest BCUT2D eigenvalue weighted by atomic mass is 10.1. The second-order valence-corrected chi connectivity index (χ2v) is 8.45. The van der Waals surface area contributed by atoms with Gasteiger partial charge in [-0.1, -0.05) is 55.4 Å². The van der Waals surface area contributed by atoms with Crippen molar-refractivity contribution in [3.8, 4) is 22.8 Å². The van der Waals surface area contributed by atoms with Gasteiger partial charge in [0.1, 0.15) is 5.75 Å². The zero-order valence-corrected chi connectivity index (χ0v) is 18.6. The molecule has 0 aliphatic carbocycles. The third kappa shape index (κ3) is 5.24. The first kappa shape index (κ1) is 22.4. The summed E-state index contributed by atoms with van der Waals surface area (Å²) in [6.45, 7) is 5.80. The molecule has 0 aliphatic rings. The highest BCUT2D eigenvalue weighted by molar-refractivity contribution is 8.00. The lowest BCUT2D eigenvalue weighted by Crippen LogP contribution is -2.42. The molecule has 3 amide bonds. The zero-order valence-electron chi connectivity index (χ0n) is 17.8. The normalized spacial score (nSPS) is 11.9. The molecule has 1 heterocycles. The first-order chi connectivity index (χ1) is 14.8. The Labute approximate surface area is 185 Å². The molecular weight excluding hydrogens is 414 g/mol. The van der Waals surface area contributed by atoms with E-state index in [0.717, 1.165) is 16.8 Å². The maximum atomic E-state index is 12.5. The van der Waals surface area contributed by atoms with Crippen LogP contribution in [0.25, 0.3) is 17.1 Å². The van der Waals surface area contributed by atoms with Crippen molar-refractivity contribution in [3.63, 3.8) is 0 Å². The molecule has 162 valence electrons. The molecule has 3 rings (SSSR count). The molecular formula is C22H25N5O3S. The van der Waals surface area contributed by atoms with Crippen molar-refractivity contribution in [2.75, 3.05) is 7.11 Å². The van der Waals surface area contributed by atoms with Crippen LogP contribution in [0.4, 0.5) is 4.79 Å². The van der Waals surface area contributed by atoms with Crippen molar-refractivity contribution in [2.24, 2.45) is 11.7 Å². The molecule has 2 aromatic carbocycles. The van der Waals surface area contributed by atoms with Gasteiger partial charge in [0.2, 0.25) is 5.91 Å². The van der Waals surface area contributed by atoms with Crippen molar-refractivity contribution in [1.82, 2.24) is 20.1 Å². The van der Waals surface area contributed by atoms with Crippen molar-refractivity contribution in [1.29, 1.82) is 0 Å². The summed E-state index contributed by atoms with van der Waals surface area (Å²) in [5.74, 6) is 0.774. The molecule has 0 fully saturated rings. The third-order valence-corrected chi connectivity index (χ3v) is 6.08. The van der Waals surface area contributed by atoms with Crippen LogP contribution in [0.2, 0.25) is 0 Å². The second kappa shape index (κ2) is 9.65. The lowest BCUT2D eigenvalue weighted by Gasteiger charge is -2.19. The number of primary amides is 1. The third-order valence-electron chi connectivity index (χ3n) is 4.60. The van der Waals surface area contributed by atoms with Gasteiger partial charge >= 0.3 is 6.03 Å². The predicted molar refractivity (Wildman–Crippen MR) is 120 cm³/mol. The molecule has 0 saturated heterocycles. The van der Waals surface area contributed by atoms with Crippen LogP contribution in [-0.2, 0) is 4.79 Å². The fourth-order valence-corrected chi connectivity index (χ4v) is 4.07. The van der Waals surface area contributed by atoms with Gasteiger partial charge < -0.3 is 10.5 Å². The molecule has 9 heteroatoms. The first-order valence-electron chi connectivity index (χ1n) is 9.74. The number of benzene rings is 2. The van der Waals surface area contributed by atoms with Crippen LogP contribution in [0.15, 0.2) is 53.7 Å². The monoisotopic (exact) mass is 439 g/mol. The molecule has 0 aliphatic heterocycles. The summed E-state index contributed by atoms with van der Waals surface area (Å²) in [5, 5.41) is 10.9. The van der Waals surface area contributed by atoms with E-state index in [2.05, 4.69) is 15.5 Å². The van der Waals surface area contributed by atoms with Gasteiger partial charge in [-0.05, 0) is 37.1 Å². The Morgan fingerprint density at radius 3 is 2.45 bits per heavy atom. The molecule has 1 aromatic heterocycles. The van der Waals surface area contributed by atoms with E-state index in [4.69, 9.17) is 10.5 Å². The van der Waals surface area contributed by atoms with E-state index in [1.165, 1.54) is 11.8 Å². The number of urea groups is 1. The standard InChI is InChI=1S/C22H25N5O3S/c1-13(2)18(20(28)24-21(23)29)31-22-26-25-19(15-6-5-7-17(12-15)30-4)27(22)16-10-8-14(3)9-11-16/h5-13,18H,1-4H3,(H3,23,24,28,29)/t18-/m1/s1. The topological polar surface area (TPSA) is 112 Å². The van der Waals surface area contributed by atoms with Crippen molar-refractivity contribution >= 4 is 23.7 Å². The van der Waals surface area contributed by atoms with Crippen LogP contribution in [0, 0.1) is 12.8 Å². The van der Waals surface area contributed by atoms with E-state index in [1.54, 1.807) is 7.11 Å². The van der Waals surface area contributed by atoms with Crippen LogP contribution in [0.5, 0.6) is 5.75 Å². The average Bonchev–Trinajstić information content (AvgIpc) is 3.15. The fraction of sp³-hybridized carbons (Fsp3) is 0.273. The number of carbonyl (C=O) groups excluding carboxylic acids is 2. The Bertz CT molecular complexity index is 1080. The maximum Gasteiger partial charge on any atom is 0.318 e. The summed E-state index contributed by atoms with van der Waals surface area (Å²) in [4.78, 5) is 23.7. The largest absolute Gasteiger partial charge is 0.497 e. The van der Waals surface area contributed by atoms with Crippen molar-refractivity contribution in [3.05, 3.63) is 54.1 Å². The van der Waals surface area contributed by atoms with E-state index >= 15 is 0 Å². The van der Waals surface area contributed by atoms with Gasteiger partial charge in [0.25, 0.3) is 0 Å². The number of rotatable bonds is 7. The number of imide groups is 1. The molecule has 3 aromatic rings. The van der Waals surface area contributed by atoms with E-state index in [0.29, 0.717) is 16.7 Å². The van der Waals surface area contributed by atoms with E-state index in [9.17, 15) is 9.59 Å². The smallest absolute Gasteiger partial charge is 0.318 e. The Morgan fingerprint density at radius 2 is 1.84 bits per heavy atom. The molecule has 0 saturated carbocycles. The highest BCUT2D eigenvalue weighted by Crippen LogP contribution is 2.33. The number of nitrogens with one attached hydrogen (secondary N) is 1. The minimum Gasteiger partial charge on any atom is -0.497 e. The van der Waals surface area contributed by atoms with Crippen LogP contribution >= 0.6 is 11.8 Å². The summed E-state index contributed by atoms with van der Waals surface area (Å²) < 4.78 is 7.24. The molecule has 8 nitrogen and oxygen atoms in total. The number of thioether (sulfide) groups is 1. The maximum absolute atomic E-state index is 12.5. The highest BCUT2D eigenvalue weighted by atomic mass is 32.2. The fourth-order valence-electron chi connectivity index (χ4n) is 3.02. The van der Waals surface area contributed by atoms with Gasteiger partial charge in [0, 0.05) is 11.3 Å². The number of hydrogen-bond donors (Lipinski definition) is 2. The molecule has 31 heavy (non-hydrogen) atoms. The number of carbonyl (C=O) groups is 2. The molecule has 0 radical (unpaired) electrons. The number of amides is 3. The Balaban J connectivity index is 2.09. The van der Waals surface area contributed by atoms with Crippen molar-refractivity contribution < 1.29 is 14.3 Å². The van der Waals surface area contributed by atoms with Gasteiger partial charge in [0.05, 0.1) is 12.4 Å². The summed E-state index contributed by atoms with van der Waals surface area (Å²) in [7, 11) is 1.61. The molecule has 1 atom stereocenters. The van der Waals surface area contributed by atoms with Gasteiger partial charge in [0.15, 0.2) is 11.0 Å². The Hall–Kier alpha value is -3.33. The minimum atomic E-state index is -0.881. The van der Waals surface area contributed by atoms with Gasteiger partial charge in [-0.25, -0.2) is 4.79 Å². The summed E-state index contributed by atoms with van der Waals surface area (Å²) >= 11 is 1.24. The first-order valence-corrected chi connectivity index (χ1v) is 10.6. The number of methoxy groups -OCH3 is 1. The van der Waals surface area contributed by atoms with Gasteiger partial charge in [-0.3, -0.25) is 14.7 Å². The zero-order chi connectivity index (χ0) is 22.5. The Kier molecular flexibility index (Phi) is 6.96. The van der Waals surface area contributed by atoms with Gasteiger partial charge in [-0.15, -0.1) is 10.2 Å². The number of aryl methyl sites for hydroxylation is 1. The minimum absolute atomic E-state index is 0.0761. The SMILES string of the molecule is COc1cccc(-c2nnc(S[C@@H](C(=O)NC(N)=O)C(C)C)n2-c2ccc(C)cc2)c1. The van der Waals surface area contributed by atoms with Gasteiger partial charge in [-0.2, -0.15) is 0 Å². The molecule has 0 unspecified atom stereocenters. The van der Waals surface area contributed by atoms with E-state index in [1.807, 2.05) is 73.9 Å². The number of aromatic nitrogens is 3. The predicted octanol–water partition coefficient (Wildman–Crippen LogP) is 3.56. The summed E-state index contributed by atoms with van der Waals surface area (Å²) in [5.41, 5.74) is 7.94. The number of ether oxygens (including phenoxy) is 1. The second-order valence-electron chi connectivity index (χ2n) is 7.35. The van der Waals surface area contributed by atoms with E-state index < -0.39 is 17.2 Å². The van der Waals surface area contributed by atoms with E-state index in [-0.39, 0.29) is 5.92 Å². The summed E-state index contributed by atoms with van der Waals surface area (Å²) in [6.07, 6.45) is 0. The lowest BCUT2D eigenvalue weighted by molar-refractivity contribution is -0.120. The Morgan fingerprint density at radius 1 is 1.13 bits per heavy atom. The van der Waals surface area contributed by atoms with Crippen LogP contribution < -0.4 is 15.8 Å². The van der Waals surface area contributed by atoms with Crippen LogP contribution in [-0.4, -0.2) is 39.1 Å². The molecule has 0 spiro atoms. The van der Waals surface area contributed by atoms with Crippen LogP contribution in [0.3, 0.4) is 0 Å². The number of hydrogen-bond acceptors (Lipinski definition) is 6. The molecule has 0 bridgehead atoms. The number of nitrogens with two attached hydrogens (primary N) is 1. The quantitative estimate of drug-likeness (QED) is 0.545. The number of nitrogens with zero attached hydrogens (tertiary/aromatic N) is 3. The van der Waals surface area contributed by atoms with Crippen LogP contribution in [0.1, 0.15) is 19.4 Å². The van der Waals surface area contributed by atoms with Crippen molar-refractivity contribution in [2.45, 2.75) is 31.2 Å².